The number of hydrogen-bond donors (Lipinski definition) is 0. The number of esters is 3. The van der Waals surface area contributed by atoms with Crippen LogP contribution in [0.5, 0.6) is 0 Å². The largest absolute Gasteiger partial charge is 0.462 e. The summed E-state index contributed by atoms with van der Waals surface area (Å²) in [5.74, 6) is -0.928. The number of hydrogen-bond acceptors (Lipinski definition) is 6. The van der Waals surface area contributed by atoms with Crippen LogP contribution in [0.25, 0.3) is 0 Å². The summed E-state index contributed by atoms with van der Waals surface area (Å²) in [6.45, 7) is 6.43. The summed E-state index contributed by atoms with van der Waals surface area (Å²) in [7, 11) is 0. The molecule has 0 aromatic rings. The van der Waals surface area contributed by atoms with Crippen molar-refractivity contribution < 1.29 is 28.6 Å². The van der Waals surface area contributed by atoms with Crippen LogP contribution < -0.4 is 0 Å². The zero-order chi connectivity index (χ0) is 49.3. The minimum Gasteiger partial charge on any atom is -0.462 e. The normalized spacial score (nSPS) is 12.7. The SMILES string of the molecule is CC/C=C\C/C=C\C/C=C\C/C=C\C/C=C\C/C=C\C/C=C\CCCCCC(=O)OCC(COC(=O)CCCCCCC)OC(=O)CCCCCCCCCCCCCCCCCCCCCC. The van der Waals surface area contributed by atoms with Gasteiger partial charge in [0, 0.05) is 19.3 Å². The summed E-state index contributed by atoms with van der Waals surface area (Å²) < 4.78 is 16.7. The van der Waals surface area contributed by atoms with Crippen molar-refractivity contribution in [2.75, 3.05) is 13.2 Å². The lowest BCUT2D eigenvalue weighted by Gasteiger charge is -2.18. The molecule has 0 aromatic heterocycles. The molecule has 0 rings (SSSR count). The molecule has 0 amide bonds. The molecule has 0 radical (unpaired) electrons. The van der Waals surface area contributed by atoms with E-state index in [1.54, 1.807) is 0 Å². The van der Waals surface area contributed by atoms with Gasteiger partial charge in [-0.1, -0.05) is 260 Å². The predicted octanol–water partition coefficient (Wildman–Crippen LogP) is 19.2. The maximum absolute atomic E-state index is 12.8. The fourth-order valence-electron chi connectivity index (χ4n) is 7.89. The molecule has 390 valence electrons. The van der Waals surface area contributed by atoms with E-state index < -0.39 is 6.10 Å². The Bertz CT molecular complexity index is 1320. The van der Waals surface area contributed by atoms with Crippen LogP contribution in [0.3, 0.4) is 0 Å². The zero-order valence-corrected chi connectivity index (χ0v) is 44.6. The van der Waals surface area contributed by atoms with Gasteiger partial charge in [-0.05, 0) is 77.0 Å². The lowest BCUT2D eigenvalue weighted by molar-refractivity contribution is -0.167. The van der Waals surface area contributed by atoms with Crippen LogP contribution in [0, 0.1) is 0 Å². The van der Waals surface area contributed by atoms with Gasteiger partial charge in [0.05, 0.1) is 0 Å². The Kier molecular flexibility index (Phi) is 53.4. The predicted molar refractivity (Wildman–Crippen MR) is 293 cm³/mol. The van der Waals surface area contributed by atoms with Gasteiger partial charge in [-0.15, -0.1) is 0 Å². The molecular formula is C62H106O6. The molecule has 0 heterocycles. The highest BCUT2D eigenvalue weighted by molar-refractivity contribution is 5.71. The topological polar surface area (TPSA) is 78.9 Å². The molecule has 0 saturated carbocycles. The van der Waals surface area contributed by atoms with Gasteiger partial charge in [-0.2, -0.15) is 0 Å². The van der Waals surface area contributed by atoms with Crippen molar-refractivity contribution in [3.63, 3.8) is 0 Å². The van der Waals surface area contributed by atoms with E-state index in [0.717, 1.165) is 116 Å². The second kappa shape index (κ2) is 56.2. The maximum atomic E-state index is 12.8. The van der Waals surface area contributed by atoms with Crippen LogP contribution in [0.2, 0.25) is 0 Å². The third-order valence-corrected chi connectivity index (χ3v) is 12.2. The van der Waals surface area contributed by atoms with Gasteiger partial charge in [-0.3, -0.25) is 14.4 Å². The number of carbonyl (C=O) groups excluding carboxylic acids is 3. The molecule has 0 spiro atoms. The fraction of sp³-hybridized carbons (Fsp3) is 0.726. The molecule has 1 atom stereocenters. The first-order valence-electron chi connectivity index (χ1n) is 28.6. The maximum Gasteiger partial charge on any atom is 0.306 e. The third kappa shape index (κ3) is 53.5. The van der Waals surface area contributed by atoms with E-state index >= 15 is 0 Å². The highest BCUT2D eigenvalue weighted by Crippen LogP contribution is 2.16. The molecule has 0 N–H and O–H groups in total. The summed E-state index contributed by atoms with van der Waals surface area (Å²) in [6, 6.07) is 0. The molecular weight excluding hydrogens is 841 g/mol. The van der Waals surface area contributed by atoms with E-state index in [2.05, 4.69) is 106 Å². The van der Waals surface area contributed by atoms with Gasteiger partial charge >= 0.3 is 17.9 Å². The first-order valence-corrected chi connectivity index (χ1v) is 28.6. The molecule has 1 unspecified atom stereocenters. The quantitative estimate of drug-likeness (QED) is 0.0262. The molecule has 68 heavy (non-hydrogen) atoms. The van der Waals surface area contributed by atoms with Crippen molar-refractivity contribution in [1.29, 1.82) is 0 Å². The molecule has 6 nitrogen and oxygen atoms in total. The van der Waals surface area contributed by atoms with Crippen LogP contribution >= 0.6 is 0 Å². The first-order chi connectivity index (χ1) is 33.5. The molecule has 0 aliphatic rings. The van der Waals surface area contributed by atoms with Gasteiger partial charge in [0.2, 0.25) is 0 Å². The second-order valence-electron chi connectivity index (χ2n) is 18.8. The fourth-order valence-corrected chi connectivity index (χ4v) is 7.89. The first kappa shape index (κ1) is 64.6. The molecule has 0 saturated heterocycles. The Balaban J connectivity index is 4.18. The second-order valence-corrected chi connectivity index (χ2v) is 18.8. The summed E-state index contributed by atoms with van der Waals surface area (Å²) in [4.78, 5) is 37.8. The van der Waals surface area contributed by atoms with Crippen molar-refractivity contribution >= 4 is 17.9 Å². The van der Waals surface area contributed by atoms with E-state index in [-0.39, 0.29) is 31.1 Å². The number of carbonyl (C=O) groups is 3. The Hall–Kier alpha value is -3.41. The van der Waals surface area contributed by atoms with E-state index in [4.69, 9.17) is 14.2 Å². The van der Waals surface area contributed by atoms with E-state index in [1.165, 1.54) is 116 Å². The van der Waals surface area contributed by atoms with Crippen molar-refractivity contribution in [1.82, 2.24) is 0 Å². The summed E-state index contributed by atoms with van der Waals surface area (Å²) in [6.07, 6.45) is 73.3. The van der Waals surface area contributed by atoms with E-state index in [1.807, 2.05) is 0 Å². The molecule has 0 aliphatic heterocycles. The smallest absolute Gasteiger partial charge is 0.306 e. The highest BCUT2D eigenvalue weighted by atomic mass is 16.6. The molecule has 0 fully saturated rings. The van der Waals surface area contributed by atoms with Crippen molar-refractivity contribution in [3.8, 4) is 0 Å². The van der Waals surface area contributed by atoms with Gasteiger partial charge in [0.15, 0.2) is 6.10 Å². The summed E-state index contributed by atoms with van der Waals surface area (Å²) in [5.41, 5.74) is 0. The van der Waals surface area contributed by atoms with Gasteiger partial charge in [-0.25, -0.2) is 0 Å². The lowest BCUT2D eigenvalue weighted by Crippen LogP contribution is -2.30. The Labute approximate surface area is 420 Å². The van der Waals surface area contributed by atoms with Crippen LogP contribution in [0.15, 0.2) is 85.1 Å². The van der Waals surface area contributed by atoms with Crippen LogP contribution in [-0.2, 0) is 28.6 Å². The highest BCUT2D eigenvalue weighted by Gasteiger charge is 2.19. The minimum atomic E-state index is -0.785. The van der Waals surface area contributed by atoms with Crippen LogP contribution in [0.4, 0.5) is 0 Å². The van der Waals surface area contributed by atoms with Crippen molar-refractivity contribution in [2.24, 2.45) is 0 Å². The average molecular weight is 948 g/mol. The van der Waals surface area contributed by atoms with Crippen LogP contribution in [-0.4, -0.2) is 37.2 Å². The van der Waals surface area contributed by atoms with Crippen molar-refractivity contribution in [2.45, 2.75) is 277 Å². The van der Waals surface area contributed by atoms with Gasteiger partial charge < -0.3 is 14.2 Å². The minimum absolute atomic E-state index is 0.0863. The van der Waals surface area contributed by atoms with Gasteiger partial charge in [0.1, 0.15) is 13.2 Å². The number of unbranched alkanes of at least 4 members (excludes halogenated alkanes) is 26. The van der Waals surface area contributed by atoms with Crippen molar-refractivity contribution in [3.05, 3.63) is 85.1 Å². The Morgan fingerprint density at radius 3 is 0.897 bits per heavy atom. The van der Waals surface area contributed by atoms with E-state index in [9.17, 15) is 14.4 Å². The number of ether oxygens (including phenoxy) is 3. The summed E-state index contributed by atoms with van der Waals surface area (Å²) >= 11 is 0. The zero-order valence-electron chi connectivity index (χ0n) is 44.6. The molecule has 0 aliphatic carbocycles. The van der Waals surface area contributed by atoms with Crippen LogP contribution in [0.1, 0.15) is 271 Å². The molecule has 0 aromatic carbocycles. The van der Waals surface area contributed by atoms with E-state index in [0.29, 0.717) is 19.3 Å². The van der Waals surface area contributed by atoms with Gasteiger partial charge in [0.25, 0.3) is 0 Å². The Morgan fingerprint density at radius 2 is 0.574 bits per heavy atom. The number of allylic oxidation sites excluding steroid dienone is 14. The summed E-state index contributed by atoms with van der Waals surface area (Å²) in [5, 5.41) is 0. The third-order valence-electron chi connectivity index (χ3n) is 12.2. The lowest BCUT2D eigenvalue weighted by atomic mass is 10.0. The molecule has 6 heteroatoms. The Morgan fingerprint density at radius 1 is 0.309 bits per heavy atom. The average Bonchev–Trinajstić information content (AvgIpc) is 3.34. The standard InChI is InChI=1S/C62H106O6/c1-4-7-10-13-15-17-19-21-23-25-27-29-30-31-32-33-35-36-38-40-42-44-46-49-52-55-61(64)67-58-59(57-66-60(63)54-51-48-12-9-6-3)68-62(65)56-53-50-47-45-43-41-39-37-34-28-26-24-22-20-18-16-14-11-8-5-2/h7,10,15,17,21,23,27,29,31-32,35-36,40,42,59H,4-6,8-9,11-14,16,18-20,22,24-26,28,30,33-34,37-39,41,43-58H2,1-3H3/b10-7-,17-15-,23-21-,29-27-,32-31-,36-35-,42-40-. The molecule has 0 bridgehead atoms. The number of rotatable bonds is 51. The monoisotopic (exact) mass is 947 g/mol.